The normalized spacial score (nSPS) is 24.0. The van der Waals surface area contributed by atoms with Gasteiger partial charge in [-0.25, -0.2) is 0 Å². The lowest BCUT2D eigenvalue weighted by atomic mass is 9.96. The Morgan fingerprint density at radius 3 is 3.06 bits per heavy atom. The first-order chi connectivity index (χ1) is 8.50. The van der Waals surface area contributed by atoms with Crippen molar-refractivity contribution in [1.82, 2.24) is 15.1 Å². The van der Waals surface area contributed by atoms with Crippen molar-refractivity contribution in [3.63, 3.8) is 0 Å². The number of amides is 1. The van der Waals surface area contributed by atoms with E-state index >= 15 is 0 Å². The fraction of sp³-hybridized carbons (Fsp3) is 0.600. The van der Waals surface area contributed by atoms with E-state index in [4.69, 9.17) is 0 Å². The van der Waals surface area contributed by atoms with Crippen LogP contribution in [0.2, 0.25) is 0 Å². The molecule has 1 fully saturated rings. The molecule has 2 heterocycles. The van der Waals surface area contributed by atoms with Gasteiger partial charge in [0.05, 0.1) is 11.0 Å². The van der Waals surface area contributed by atoms with E-state index in [1.807, 2.05) is 6.92 Å². The number of aliphatic hydroxyl groups is 1. The van der Waals surface area contributed by atoms with Gasteiger partial charge < -0.3 is 10.0 Å². The van der Waals surface area contributed by atoms with E-state index in [9.17, 15) is 20.0 Å². The number of hydrogen-bond acceptors (Lipinski definition) is 5. The molecule has 2 rings (SSSR count). The SMILES string of the molecule is CC1CCN(C(=O)c2[nH]ncc2[N+](=O)[O-])CC1O. The minimum absolute atomic E-state index is 0.130. The van der Waals surface area contributed by atoms with Crippen molar-refractivity contribution >= 4 is 11.6 Å². The Labute approximate surface area is 103 Å². The monoisotopic (exact) mass is 254 g/mol. The number of hydrogen-bond donors (Lipinski definition) is 2. The predicted octanol–water partition coefficient (Wildman–Crippen LogP) is 0.161. The van der Waals surface area contributed by atoms with E-state index in [2.05, 4.69) is 10.2 Å². The molecular formula is C10H14N4O4. The lowest BCUT2D eigenvalue weighted by Crippen LogP contribution is -2.46. The Hall–Kier alpha value is -1.96. The van der Waals surface area contributed by atoms with Crippen LogP contribution >= 0.6 is 0 Å². The number of aromatic amines is 1. The highest BCUT2D eigenvalue weighted by atomic mass is 16.6. The minimum Gasteiger partial charge on any atom is -0.391 e. The third kappa shape index (κ3) is 2.19. The summed E-state index contributed by atoms with van der Waals surface area (Å²) in [5.41, 5.74) is -0.477. The summed E-state index contributed by atoms with van der Waals surface area (Å²) in [6, 6.07) is 0. The molecule has 0 aliphatic carbocycles. The number of nitro groups is 1. The van der Waals surface area contributed by atoms with Gasteiger partial charge in [0.25, 0.3) is 5.91 Å². The molecular weight excluding hydrogens is 240 g/mol. The standard InChI is InChI=1S/C10H14N4O4/c1-6-2-3-13(5-8(6)15)10(16)9-7(14(17)18)4-11-12-9/h4,6,8,15H,2-3,5H2,1H3,(H,11,12). The second-order valence-corrected chi connectivity index (χ2v) is 4.47. The zero-order valence-electron chi connectivity index (χ0n) is 9.87. The number of nitrogens with zero attached hydrogens (tertiary/aromatic N) is 3. The fourth-order valence-electron chi connectivity index (χ4n) is 1.97. The lowest BCUT2D eigenvalue weighted by Gasteiger charge is -2.33. The van der Waals surface area contributed by atoms with Crippen molar-refractivity contribution in [3.05, 3.63) is 22.0 Å². The first-order valence-corrected chi connectivity index (χ1v) is 5.65. The third-order valence-electron chi connectivity index (χ3n) is 3.24. The van der Waals surface area contributed by atoms with Gasteiger partial charge in [-0.2, -0.15) is 5.10 Å². The molecule has 1 aromatic heterocycles. The molecule has 0 spiro atoms. The molecule has 8 heteroatoms. The van der Waals surface area contributed by atoms with Gasteiger partial charge >= 0.3 is 5.69 Å². The number of aromatic nitrogens is 2. The summed E-state index contributed by atoms with van der Waals surface area (Å²) in [4.78, 5) is 23.5. The fourth-order valence-corrected chi connectivity index (χ4v) is 1.97. The molecule has 1 aliphatic heterocycles. The summed E-state index contributed by atoms with van der Waals surface area (Å²) < 4.78 is 0. The highest BCUT2D eigenvalue weighted by Crippen LogP contribution is 2.21. The van der Waals surface area contributed by atoms with Crippen LogP contribution < -0.4 is 0 Å². The van der Waals surface area contributed by atoms with Crippen molar-refractivity contribution in [1.29, 1.82) is 0 Å². The van der Waals surface area contributed by atoms with Gasteiger partial charge in [0, 0.05) is 13.1 Å². The lowest BCUT2D eigenvalue weighted by molar-refractivity contribution is -0.385. The maximum absolute atomic E-state index is 12.1. The van der Waals surface area contributed by atoms with Crippen molar-refractivity contribution in [3.8, 4) is 0 Å². The van der Waals surface area contributed by atoms with Crippen LogP contribution in [0.25, 0.3) is 0 Å². The number of nitrogens with one attached hydrogen (secondary N) is 1. The van der Waals surface area contributed by atoms with Crippen LogP contribution in [-0.2, 0) is 0 Å². The molecule has 8 nitrogen and oxygen atoms in total. The molecule has 0 bridgehead atoms. The maximum atomic E-state index is 12.1. The Kier molecular flexibility index (Phi) is 3.28. The Balaban J connectivity index is 2.16. The van der Waals surface area contributed by atoms with Crippen LogP contribution in [0, 0.1) is 16.0 Å². The van der Waals surface area contributed by atoms with Crippen LogP contribution in [0.5, 0.6) is 0 Å². The van der Waals surface area contributed by atoms with Gasteiger partial charge in [0.15, 0.2) is 0 Å². The number of likely N-dealkylation sites (tertiary alicyclic amines) is 1. The second-order valence-electron chi connectivity index (χ2n) is 4.47. The molecule has 1 amide bonds. The molecule has 18 heavy (non-hydrogen) atoms. The molecule has 1 saturated heterocycles. The summed E-state index contributed by atoms with van der Waals surface area (Å²) in [7, 11) is 0. The number of aliphatic hydroxyl groups excluding tert-OH is 1. The summed E-state index contributed by atoms with van der Waals surface area (Å²) in [6.45, 7) is 2.58. The first-order valence-electron chi connectivity index (χ1n) is 5.65. The number of H-pyrrole nitrogens is 1. The van der Waals surface area contributed by atoms with Crippen LogP contribution in [0.1, 0.15) is 23.8 Å². The van der Waals surface area contributed by atoms with Crippen LogP contribution in [-0.4, -0.2) is 50.2 Å². The maximum Gasteiger partial charge on any atom is 0.319 e. The number of carbonyl (C=O) groups excluding carboxylic acids is 1. The average Bonchev–Trinajstić information content (AvgIpc) is 2.81. The molecule has 2 atom stereocenters. The zero-order valence-corrected chi connectivity index (χ0v) is 9.87. The van der Waals surface area contributed by atoms with Crippen molar-refractivity contribution in [2.24, 2.45) is 5.92 Å². The molecule has 98 valence electrons. The topological polar surface area (TPSA) is 112 Å². The van der Waals surface area contributed by atoms with Gasteiger partial charge in [-0.1, -0.05) is 6.92 Å². The number of β-amino-alcohol motifs (C(OH)–C–C–N with tert-alkyl or cyclic N) is 1. The predicted molar refractivity (Wildman–Crippen MR) is 60.9 cm³/mol. The van der Waals surface area contributed by atoms with Crippen LogP contribution in [0.3, 0.4) is 0 Å². The van der Waals surface area contributed by atoms with E-state index in [0.717, 1.165) is 6.20 Å². The molecule has 2 unspecified atom stereocenters. The van der Waals surface area contributed by atoms with E-state index in [0.29, 0.717) is 13.0 Å². The van der Waals surface area contributed by atoms with Crippen LogP contribution in [0.4, 0.5) is 5.69 Å². The van der Waals surface area contributed by atoms with Gasteiger partial charge in [-0.05, 0) is 12.3 Å². The zero-order chi connectivity index (χ0) is 13.3. The van der Waals surface area contributed by atoms with Gasteiger partial charge in [-0.15, -0.1) is 0 Å². The minimum atomic E-state index is -0.653. The summed E-state index contributed by atoms with van der Waals surface area (Å²) >= 11 is 0. The Morgan fingerprint density at radius 1 is 1.72 bits per heavy atom. The molecule has 2 N–H and O–H groups in total. The van der Waals surface area contributed by atoms with Gasteiger partial charge in [0.2, 0.25) is 5.69 Å². The highest BCUT2D eigenvalue weighted by Gasteiger charge is 2.32. The molecule has 0 aromatic carbocycles. The van der Waals surface area contributed by atoms with Crippen LogP contribution in [0.15, 0.2) is 6.20 Å². The average molecular weight is 254 g/mol. The van der Waals surface area contributed by atoms with E-state index in [1.165, 1.54) is 4.90 Å². The van der Waals surface area contributed by atoms with Crippen molar-refractivity contribution < 1.29 is 14.8 Å². The highest BCUT2D eigenvalue weighted by molar-refractivity contribution is 5.96. The van der Waals surface area contributed by atoms with E-state index in [1.54, 1.807) is 0 Å². The van der Waals surface area contributed by atoms with E-state index < -0.39 is 16.9 Å². The number of piperidine rings is 1. The summed E-state index contributed by atoms with van der Waals surface area (Å²) in [5, 5.41) is 26.3. The summed E-state index contributed by atoms with van der Waals surface area (Å²) in [5.74, 6) is -0.365. The molecule has 1 aromatic rings. The van der Waals surface area contributed by atoms with Gasteiger partial charge in [-0.3, -0.25) is 20.0 Å². The number of rotatable bonds is 2. The molecule has 1 aliphatic rings. The molecule has 0 radical (unpaired) electrons. The van der Waals surface area contributed by atoms with E-state index in [-0.39, 0.29) is 23.8 Å². The summed E-state index contributed by atoms with van der Waals surface area (Å²) in [6.07, 6.45) is 1.09. The molecule has 0 saturated carbocycles. The van der Waals surface area contributed by atoms with Crippen molar-refractivity contribution in [2.45, 2.75) is 19.4 Å². The second kappa shape index (κ2) is 4.73. The van der Waals surface area contributed by atoms with Gasteiger partial charge in [0.1, 0.15) is 6.20 Å². The number of carbonyl (C=O) groups is 1. The quantitative estimate of drug-likeness (QED) is 0.576. The Morgan fingerprint density at radius 2 is 2.44 bits per heavy atom. The smallest absolute Gasteiger partial charge is 0.319 e. The first kappa shape index (κ1) is 12.5. The Bertz CT molecular complexity index is 472. The largest absolute Gasteiger partial charge is 0.391 e. The third-order valence-corrected chi connectivity index (χ3v) is 3.24. The van der Waals surface area contributed by atoms with Crippen molar-refractivity contribution in [2.75, 3.05) is 13.1 Å².